The van der Waals surface area contributed by atoms with Gasteiger partial charge in [-0.25, -0.2) is 4.98 Å². The Morgan fingerprint density at radius 2 is 2.03 bits per heavy atom. The highest BCUT2D eigenvalue weighted by atomic mass is 32.1. The molecule has 0 aliphatic carbocycles. The van der Waals surface area contributed by atoms with Crippen molar-refractivity contribution in [2.45, 2.75) is 64.8 Å². The summed E-state index contributed by atoms with van der Waals surface area (Å²) in [6.07, 6.45) is -0.814. The molecule has 188 valence electrons. The Morgan fingerprint density at radius 1 is 1.20 bits per heavy atom. The van der Waals surface area contributed by atoms with Crippen molar-refractivity contribution < 1.29 is 18.0 Å². The second-order valence-corrected chi connectivity index (χ2v) is 10.1. The van der Waals surface area contributed by atoms with E-state index in [1.165, 1.54) is 11.8 Å². The molecule has 0 bridgehead atoms. The highest BCUT2D eigenvalue weighted by molar-refractivity contribution is 7.18. The van der Waals surface area contributed by atoms with Crippen molar-refractivity contribution in [1.82, 2.24) is 30.0 Å². The molecule has 1 saturated heterocycles. The summed E-state index contributed by atoms with van der Waals surface area (Å²) >= 11 is 1.63. The molecule has 2 aliphatic rings. The minimum absolute atomic E-state index is 0.0253. The van der Waals surface area contributed by atoms with E-state index in [0.717, 1.165) is 47.0 Å². The maximum Gasteiger partial charge on any atom is 0.451 e. The first-order valence-electron chi connectivity index (χ1n) is 11.8. The van der Waals surface area contributed by atoms with E-state index in [-0.39, 0.29) is 30.9 Å². The lowest BCUT2D eigenvalue weighted by Crippen LogP contribution is -2.47. The number of hydrogen-bond acceptors (Lipinski definition) is 8. The van der Waals surface area contributed by atoms with E-state index in [9.17, 15) is 18.0 Å². The zero-order valence-corrected chi connectivity index (χ0v) is 20.4. The summed E-state index contributed by atoms with van der Waals surface area (Å²) in [4.78, 5) is 27.5. The van der Waals surface area contributed by atoms with Gasteiger partial charge in [-0.2, -0.15) is 18.2 Å². The molecule has 5 rings (SSSR count). The van der Waals surface area contributed by atoms with Crippen LogP contribution >= 0.6 is 11.3 Å². The van der Waals surface area contributed by atoms with Crippen LogP contribution < -0.4 is 15.1 Å². The van der Waals surface area contributed by atoms with E-state index in [4.69, 9.17) is 9.97 Å². The molecule has 0 unspecified atom stereocenters. The third-order valence-electron chi connectivity index (χ3n) is 6.33. The lowest BCUT2D eigenvalue weighted by molar-refractivity contribution is -0.147. The van der Waals surface area contributed by atoms with E-state index < -0.39 is 12.0 Å². The minimum atomic E-state index is -4.54. The number of carbonyl (C=O) groups is 1. The highest BCUT2D eigenvalue weighted by Gasteiger charge is 2.40. The molecule has 1 atom stereocenters. The Labute approximate surface area is 204 Å². The zero-order chi connectivity index (χ0) is 24.7. The van der Waals surface area contributed by atoms with Gasteiger partial charge >= 0.3 is 6.18 Å². The minimum Gasteiger partial charge on any atom is -0.352 e. The molecule has 0 saturated carbocycles. The fraction of sp³-hybridized carbons (Fsp3) is 0.591. The number of hydrogen-bond donors (Lipinski definition) is 1. The van der Waals surface area contributed by atoms with Gasteiger partial charge in [-0.15, -0.1) is 21.5 Å². The molecule has 9 nitrogen and oxygen atoms in total. The Morgan fingerprint density at radius 3 is 2.77 bits per heavy atom. The number of aryl methyl sites for hydroxylation is 1. The molecule has 1 fully saturated rings. The van der Waals surface area contributed by atoms with Crippen LogP contribution in [0.2, 0.25) is 0 Å². The number of halogens is 3. The summed E-state index contributed by atoms with van der Waals surface area (Å²) in [7, 11) is 0. The summed E-state index contributed by atoms with van der Waals surface area (Å²) in [6.45, 7) is 5.68. The largest absolute Gasteiger partial charge is 0.451 e. The van der Waals surface area contributed by atoms with Gasteiger partial charge in [-0.1, -0.05) is 13.3 Å². The van der Waals surface area contributed by atoms with E-state index in [2.05, 4.69) is 33.4 Å². The lowest BCUT2D eigenvalue weighted by Gasteiger charge is -2.34. The van der Waals surface area contributed by atoms with Gasteiger partial charge in [0.1, 0.15) is 10.6 Å². The Hall–Kier alpha value is -2.96. The molecule has 2 aliphatic heterocycles. The standard InChI is InChI=1S/C22H27F3N8OS/c1-3-5-15-10-16-18(31-8-9-33-17(12-31)29-30-20(33)22(23,24)25)27-21(28-19(16)35-15)32-7-4-6-14(11-32)26-13(2)34/h10,14H,3-9,11-12H2,1-2H3,(H,26,34)/t14-/m1/s1. The molecular weight excluding hydrogens is 481 g/mol. The lowest BCUT2D eigenvalue weighted by atomic mass is 10.1. The van der Waals surface area contributed by atoms with Crippen molar-refractivity contribution in [2.24, 2.45) is 0 Å². The van der Waals surface area contributed by atoms with Gasteiger partial charge in [-0.05, 0) is 25.3 Å². The third kappa shape index (κ3) is 4.78. The van der Waals surface area contributed by atoms with Crippen molar-refractivity contribution in [3.05, 3.63) is 22.6 Å². The second kappa shape index (κ2) is 9.25. The predicted octanol–water partition coefficient (Wildman–Crippen LogP) is 3.38. The van der Waals surface area contributed by atoms with Gasteiger partial charge in [0.2, 0.25) is 17.7 Å². The number of nitrogens with one attached hydrogen (secondary N) is 1. The van der Waals surface area contributed by atoms with Crippen LogP contribution in [0.4, 0.5) is 24.9 Å². The van der Waals surface area contributed by atoms with Crippen molar-refractivity contribution in [3.8, 4) is 0 Å². The van der Waals surface area contributed by atoms with E-state index in [1.807, 2.05) is 4.90 Å². The van der Waals surface area contributed by atoms with Gasteiger partial charge in [0.15, 0.2) is 5.82 Å². The van der Waals surface area contributed by atoms with Crippen molar-refractivity contribution in [3.63, 3.8) is 0 Å². The molecule has 1 N–H and O–H groups in total. The van der Waals surface area contributed by atoms with Crippen LogP contribution in [0.5, 0.6) is 0 Å². The van der Waals surface area contributed by atoms with Crippen molar-refractivity contribution in [1.29, 1.82) is 0 Å². The summed E-state index contributed by atoms with van der Waals surface area (Å²) in [5, 5.41) is 11.1. The van der Waals surface area contributed by atoms with Crippen LogP contribution in [-0.4, -0.2) is 56.3 Å². The number of rotatable bonds is 5. The number of aromatic nitrogens is 5. The number of fused-ring (bicyclic) bond motifs is 2. The summed E-state index contributed by atoms with van der Waals surface area (Å²) in [6, 6.07) is 2.12. The fourth-order valence-corrected chi connectivity index (χ4v) is 5.93. The van der Waals surface area contributed by atoms with E-state index in [1.54, 1.807) is 11.3 Å². The van der Waals surface area contributed by atoms with Crippen LogP contribution in [0, 0.1) is 0 Å². The van der Waals surface area contributed by atoms with Crippen LogP contribution in [0.3, 0.4) is 0 Å². The van der Waals surface area contributed by atoms with Gasteiger partial charge in [-0.3, -0.25) is 4.79 Å². The average molecular weight is 509 g/mol. The van der Waals surface area contributed by atoms with Crippen LogP contribution in [0.15, 0.2) is 6.07 Å². The number of alkyl halides is 3. The van der Waals surface area contributed by atoms with Crippen LogP contribution in [0.1, 0.15) is 49.6 Å². The molecule has 0 radical (unpaired) electrons. The molecule has 5 heterocycles. The molecular formula is C22H27F3N8OS. The number of carbonyl (C=O) groups excluding carboxylic acids is 1. The van der Waals surface area contributed by atoms with Crippen LogP contribution in [-0.2, 0) is 30.5 Å². The SMILES string of the molecule is CCCc1cc2c(N3CCn4c(nnc4C(F)(F)F)C3)nc(N3CCC[C@@H](NC(C)=O)C3)nc2s1. The number of amides is 1. The number of nitrogens with zero attached hydrogens (tertiary/aromatic N) is 7. The van der Waals surface area contributed by atoms with Crippen LogP contribution in [0.25, 0.3) is 10.2 Å². The molecule has 1 amide bonds. The average Bonchev–Trinajstić information content (AvgIpc) is 3.41. The van der Waals surface area contributed by atoms with Gasteiger partial charge in [0, 0.05) is 44.0 Å². The monoisotopic (exact) mass is 508 g/mol. The normalized spacial score (nSPS) is 18.7. The fourth-order valence-electron chi connectivity index (χ4n) is 4.81. The highest BCUT2D eigenvalue weighted by Crippen LogP contribution is 2.36. The number of piperidine rings is 1. The first kappa shape index (κ1) is 23.8. The Kier molecular flexibility index (Phi) is 6.28. The number of anilines is 2. The van der Waals surface area contributed by atoms with Gasteiger partial charge in [0.25, 0.3) is 0 Å². The molecule has 3 aromatic rings. The first-order chi connectivity index (χ1) is 16.7. The predicted molar refractivity (Wildman–Crippen MR) is 127 cm³/mol. The third-order valence-corrected chi connectivity index (χ3v) is 7.41. The topological polar surface area (TPSA) is 92.1 Å². The van der Waals surface area contributed by atoms with Gasteiger partial charge < -0.3 is 19.7 Å². The summed E-state index contributed by atoms with van der Waals surface area (Å²) in [5.74, 6) is 0.527. The van der Waals surface area contributed by atoms with Crippen molar-refractivity contribution >= 4 is 39.2 Å². The zero-order valence-electron chi connectivity index (χ0n) is 19.6. The Bertz CT molecular complexity index is 1240. The maximum atomic E-state index is 13.3. The quantitative estimate of drug-likeness (QED) is 0.565. The second-order valence-electron chi connectivity index (χ2n) is 9.03. The summed E-state index contributed by atoms with van der Waals surface area (Å²) < 4.78 is 41.0. The summed E-state index contributed by atoms with van der Waals surface area (Å²) in [5.41, 5.74) is 0. The maximum absolute atomic E-state index is 13.3. The van der Waals surface area contributed by atoms with Gasteiger partial charge in [0.05, 0.1) is 11.9 Å². The molecule has 35 heavy (non-hydrogen) atoms. The molecule has 0 spiro atoms. The number of thiophene rings is 1. The Balaban J connectivity index is 1.50. The van der Waals surface area contributed by atoms with Crippen molar-refractivity contribution in [2.75, 3.05) is 29.4 Å². The molecule has 13 heteroatoms. The smallest absolute Gasteiger partial charge is 0.352 e. The van der Waals surface area contributed by atoms with E-state index >= 15 is 0 Å². The van der Waals surface area contributed by atoms with E-state index in [0.29, 0.717) is 24.9 Å². The first-order valence-corrected chi connectivity index (χ1v) is 12.6. The molecule has 3 aromatic heterocycles. The molecule has 0 aromatic carbocycles.